The second-order valence-corrected chi connectivity index (χ2v) is 6.18. The number of fused-ring (bicyclic) bond motifs is 1. The minimum Gasteiger partial charge on any atom is -0.494 e. The molecule has 2 aromatic rings. The highest BCUT2D eigenvalue weighted by molar-refractivity contribution is 7.99. The van der Waals surface area contributed by atoms with Gasteiger partial charge in [0.25, 0.3) is 0 Å². The van der Waals surface area contributed by atoms with E-state index in [4.69, 9.17) is 9.84 Å². The van der Waals surface area contributed by atoms with Crippen molar-refractivity contribution in [3.63, 3.8) is 0 Å². The monoisotopic (exact) mass is 292 g/mol. The molecule has 1 aliphatic carbocycles. The molecule has 0 spiro atoms. The molecule has 0 atom stereocenters. The zero-order valence-corrected chi connectivity index (χ0v) is 12.2. The number of aliphatic carboxylic acids is 1. The molecule has 1 aromatic carbocycles. The number of nitrogens with zero attached hydrogens (tertiary/aromatic N) is 2. The molecule has 0 bridgehead atoms. The third-order valence-electron chi connectivity index (χ3n) is 3.68. The molecule has 0 amide bonds. The summed E-state index contributed by atoms with van der Waals surface area (Å²) in [4.78, 5) is 15.4. The fraction of sp³-hybridized carbons (Fsp3) is 0.429. The number of benzene rings is 1. The first-order valence-corrected chi connectivity index (χ1v) is 7.44. The van der Waals surface area contributed by atoms with Gasteiger partial charge in [-0.1, -0.05) is 17.8 Å². The highest BCUT2D eigenvalue weighted by Crippen LogP contribution is 2.47. The second kappa shape index (κ2) is 4.70. The van der Waals surface area contributed by atoms with E-state index in [-0.39, 0.29) is 11.3 Å². The molecular weight excluding hydrogens is 276 g/mol. The Balaban J connectivity index is 2.14. The Labute approximate surface area is 120 Å². The fourth-order valence-electron chi connectivity index (χ4n) is 2.37. The van der Waals surface area contributed by atoms with Crippen molar-refractivity contribution in [1.82, 2.24) is 9.55 Å². The van der Waals surface area contributed by atoms with E-state index >= 15 is 0 Å². The SMILES string of the molecule is COc1cccc2c1nc(SCC(=O)O)n2C1(C)CC1. The maximum atomic E-state index is 10.8. The number of para-hydroxylation sites is 1. The zero-order chi connectivity index (χ0) is 14.3. The van der Waals surface area contributed by atoms with E-state index in [9.17, 15) is 4.79 Å². The van der Waals surface area contributed by atoms with Gasteiger partial charge in [0.15, 0.2) is 5.16 Å². The van der Waals surface area contributed by atoms with Crippen LogP contribution in [0.5, 0.6) is 5.75 Å². The lowest BCUT2D eigenvalue weighted by Gasteiger charge is -2.15. The summed E-state index contributed by atoms with van der Waals surface area (Å²) in [6.45, 7) is 2.18. The van der Waals surface area contributed by atoms with Crippen molar-refractivity contribution in [2.75, 3.05) is 12.9 Å². The smallest absolute Gasteiger partial charge is 0.313 e. The topological polar surface area (TPSA) is 64.3 Å². The number of aromatic nitrogens is 2. The third-order valence-corrected chi connectivity index (χ3v) is 4.60. The molecule has 3 rings (SSSR count). The van der Waals surface area contributed by atoms with E-state index in [1.54, 1.807) is 7.11 Å². The van der Waals surface area contributed by atoms with E-state index in [0.717, 1.165) is 34.8 Å². The first-order valence-electron chi connectivity index (χ1n) is 6.46. The van der Waals surface area contributed by atoms with Crippen molar-refractivity contribution in [2.45, 2.75) is 30.5 Å². The van der Waals surface area contributed by atoms with Gasteiger partial charge in [-0.2, -0.15) is 0 Å². The standard InChI is InChI=1S/C14H16N2O3S/c1-14(6-7-14)16-9-4-3-5-10(19-2)12(9)15-13(16)20-8-11(17)18/h3-5H,6-8H2,1-2H3,(H,17,18). The van der Waals surface area contributed by atoms with Crippen molar-refractivity contribution < 1.29 is 14.6 Å². The minimum absolute atomic E-state index is 0.0156. The van der Waals surface area contributed by atoms with Crippen LogP contribution in [0.4, 0.5) is 0 Å². The molecule has 0 unspecified atom stereocenters. The Morgan fingerprint density at radius 1 is 1.55 bits per heavy atom. The summed E-state index contributed by atoms with van der Waals surface area (Å²) in [5, 5.41) is 9.63. The average molecular weight is 292 g/mol. The molecule has 1 fully saturated rings. The van der Waals surface area contributed by atoms with Crippen LogP contribution in [-0.2, 0) is 10.3 Å². The van der Waals surface area contributed by atoms with E-state index in [2.05, 4.69) is 16.5 Å². The number of carbonyl (C=O) groups is 1. The number of hydrogen-bond donors (Lipinski definition) is 1. The summed E-state index contributed by atoms with van der Waals surface area (Å²) in [6, 6.07) is 5.83. The number of methoxy groups -OCH3 is 1. The molecule has 5 nitrogen and oxygen atoms in total. The summed E-state index contributed by atoms with van der Waals surface area (Å²) in [5.74, 6) is -0.0916. The maximum Gasteiger partial charge on any atom is 0.313 e. The predicted molar refractivity (Wildman–Crippen MR) is 77.5 cm³/mol. The van der Waals surface area contributed by atoms with Gasteiger partial charge in [-0.3, -0.25) is 4.79 Å². The molecule has 1 saturated carbocycles. The molecule has 106 valence electrons. The third kappa shape index (κ3) is 2.14. The summed E-state index contributed by atoms with van der Waals surface area (Å²) < 4.78 is 7.52. The van der Waals surface area contributed by atoms with Gasteiger partial charge in [0.1, 0.15) is 11.3 Å². The first-order chi connectivity index (χ1) is 9.55. The Morgan fingerprint density at radius 2 is 2.30 bits per heavy atom. The van der Waals surface area contributed by atoms with Crippen molar-refractivity contribution in [3.05, 3.63) is 18.2 Å². The van der Waals surface area contributed by atoms with Gasteiger partial charge in [0.05, 0.1) is 18.4 Å². The van der Waals surface area contributed by atoms with Gasteiger partial charge in [-0.15, -0.1) is 0 Å². The van der Waals surface area contributed by atoms with Gasteiger partial charge in [-0.05, 0) is 31.9 Å². The number of carboxylic acid groups (broad SMARTS) is 1. The summed E-state index contributed by atoms with van der Waals surface area (Å²) in [7, 11) is 1.62. The molecule has 0 aliphatic heterocycles. The summed E-state index contributed by atoms with van der Waals surface area (Å²) in [5.41, 5.74) is 1.87. The molecule has 20 heavy (non-hydrogen) atoms. The lowest BCUT2D eigenvalue weighted by atomic mass is 10.2. The molecule has 0 radical (unpaired) electrons. The average Bonchev–Trinajstić information content (AvgIpc) is 3.03. The van der Waals surface area contributed by atoms with Gasteiger partial charge in [0.2, 0.25) is 0 Å². The van der Waals surface area contributed by atoms with Crippen LogP contribution in [0.25, 0.3) is 11.0 Å². The van der Waals surface area contributed by atoms with E-state index in [1.807, 2.05) is 18.2 Å². The fourth-order valence-corrected chi connectivity index (χ4v) is 3.22. The van der Waals surface area contributed by atoms with Gasteiger partial charge >= 0.3 is 5.97 Å². The Morgan fingerprint density at radius 3 is 2.90 bits per heavy atom. The van der Waals surface area contributed by atoms with E-state index < -0.39 is 5.97 Å². The van der Waals surface area contributed by atoms with Gasteiger partial charge in [0, 0.05) is 5.54 Å². The van der Waals surface area contributed by atoms with Crippen LogP contribution in [-0.4, -0.2) is 33.5 Å². The zero-order valence-electron chi connectivity index (χ0n) is 11.4. The molecule has 6 heteroatoms. The maximum absolute atomic E-state index is 10.8. The summed E-state index contributed by atoms with van der Waals surface area (Å²) in [6.07, 6.45) is 2.19. The number of imidazole rings is 1. The minimum atomic E-state index is -0.832. The molecule has 0 saturated heterocycles. The highest BCUT2D eigenvalue weighted by Gasteiger charge is 2.42. The normalized spacial score (nSPS) is 16.3. The predicted octanol–water partition coefficient (Wildman–Crippen LogP) is 2.73. The second-order valence-electron chi connectivity index (χ2n) is 5.24. The number of carboxylic acids is 1. The van der Waals surface area contributed by atoms with Crippen molar-refractivity contribution in [2.24, 2.45) is 0 Å². The lowest BCUT2D eigenvalue weighted by Crippen LogP contribution is -2.14. The molecule has 1 aliphatic rings. The van der Waals surface area contributed by atoms with Gasteiger partial charge < -0.3 is 14.4 Å². The largest absolute Gasteiger partial charge is 0.494 e. The highest BCUT2D eigenvalue weighted by atomic mass is 32.2. The van der Waals surface area contributed by atoms with Crippen LogP contribution in [0.15, 0.2) is 23.4 Å². The van der Waals surface area contributed by atoms with Crippen LogP contribution in [0, 0.1) is 0 Å². The van der Waals surface area contributed by atoms with Crippen LogP contribution < -0.4 is 4.74 Å². The van der Waals surface area contributed by atoms with Crippen LogP contribution in [0.2, 0.25) is 0 Å². The molecule has 1 aromatic heterocycles. The number of thioether (sulfide) groups is 1. The number of rotatable bonds is 5. The first kappa shape index (κ1) is 13.3. The number of ether oxygens (including phenoxy) is 1. The molecule has 1 heterocycles. The van der Waals surface area contributed by atoms with Crippen molar-refractivity contribution in [1.29, 1.82) is 0 Å². The van der Waals surface area contributed by atoms with Crippen LogP contribution >= 0.6 is 11.8 Å². The quantitative estimate of drug-likeness (QED) is 0.858. The Hall–Kier alpha value is -1.69. The van der Waals surface area contributed by atoms with Crippen molar-refractivity contribution >= 4 is 28.8 Å². The Kier molecular flexibility index (Phi) is 3.12. The van der Waals surface area contributed by atoms with E-state index in [0.29, 0.717) is 0 Å². The lowest BCUT2D eigenvalue weighted by molar-refractivity contribution is -0.133. The van der Waals surface area contributed by atoms with E-state index in [1.165, 1.54) is 11.8 Å². The number of hydrogen-bond acceptors (Lipinski definition) is 4. The van der Waals surface area contributed by atoms with Gasteiger partial charge in [-0.25, -0.2) is 4.98 Å². The van der Waals surface area contributed by atoms with Crippen LogP contribution in [0.3, 0.4) is 0 Å². The van der Waals surface area contributed by atoms with Crippen LogP contribution in [0.1, 0.15) is 19.8 Å². The summed E-state index contributed by atoms with van der Waals surface area (Å²) >= 11 is 1.26. The van der Waals surface area contributed by atoms with Crippen molar-refractivity contribution in [3.8, 4) is 5.75 Å². The Bertz CT molecular complexity index is 676. The molecule has 1 N–H and O–H groups in total. The molecular formula is C14H16N2O3S.